The number of amides is 2. The Morgan fingerprint density at radius 1 is 1.15 bits per heavy atom. The highest BCUT2D eigenvalue weighted by atomic mass is 35.5. The van der Waals surface area contributed by atoms with E-state index in [-0.39, 0.29) is 42.9 Å². The van der Waals surface area contributed by atoms with Crippen LogP contribution in [0.2, 0.25) is 5.02 Å². The van der Waals surface area contributed by atoms with E-state index in [1.807, 2.05) is 13.0 Å². The van der Waals surface area contributed by atoms with Crippen LogP contribution in [0.5, 0.6) is 5.75 Å². The number of halogens is 2. The number of nitrogens with two attached hydrogens (primary N) is 1. The first-order valence-corrected chi connectivity index (χ1v) is 12.3. The van der Waals surface area contributed by atoms with Gasteiger partial charge in [-0.05, 0) is 76.5 Å². The van der Waals surface area contributed by atoms with Crippen molar-refractivity contribution < 1.29 is 14.3 Å². The maximum Gasteiger partial charge on any atom is 0.254 e. The lowest BCUT2D eigenvalue weighted by molar-refractivity contribution is -0.120. The standard InChI is InChI=1S/C26H32ClN3O3.ClH/c1-16-12-17-6-4-2-3-5-7-21-22(25(31)29-15-23(17)26(32)30-16)13-18(27)14-24(21)33-20-10-8-19(28)9-11-20;/h3,5,12-14,19-20,23H,2,4,6-11,15,28H2,1H3,(H,29,31);1H/b5-3+;. The molecule has 0 bridgehead atoms. The molecule has 0 aromatic heterocycles. The van der Waals surface area contributed by atoms with Crippen molar-refractivity contribution in [1.29, 1.82) is 0 Å². The van der Waals surface area contributed by atoms with Crippen molar-refractivity contribution in [2.24, 2.45) is 16.6 Å². The van der Waals surface area contributed by atoms with Gasteiger partial charge >= 0.3 is 0 Å². The van der Waals surface area contributed by atoms with E-state index in [1.165, 1.54) is 0 Å². The maximum absolute atomic E-state index is 13.3. The first-order valence-electron chi connectivity index (χ1n) is 11.9. The van der Waals surface area contributed by atoms with E-state index in [0.717, 1.165) is 61.8 Å². The van der Waals surface area contributed by atoms with Crippen LogP contribution in [-0.4, -0.2) is 36.2 Å². The highest BCUT2D eigenvalue weighted by Crippen LogP contribution is 2.32. The Morgan fingerprint density at radius 2 is 1.91 bits per heavy atom. The zero-order valence-electron chi connectivity index (χ0n) is 19.5. The number of hydrogen-bond donors (Lipinski definition) is 2. The number of allylic oxidation sites excluding steroid dienone is 3. The van der Waals surface area contributed by atoms with Crippen molar-refractivity contribution in [3.8, 4) is 5.75 Å². The highest BCUT2D eigenvalue weighted by molar-refractivity contribution is 6.31. The van der Waals surface area contributed by atoms with Gasteiger partial charge in [-0.25, -0.2) is 4.99 Å². The minimum absolute atomic E-state index is 0. The molecule has 0 radical (unpaired) electrons. The molecule has 2 heterocycles. The van der Waals surface area contributed by atoms with Gasteiger partial charge in [0, 0.05) is 34.4 Å². The van der Waals surface area contributed by atoms with Gasteiger partial charge in [-0.3, -0.25) is 9.59 Å². The average Bonchev–Trinajstić information content (AvgIpc) is 2.78. The third kappa shape index (κ3) is 6.49. The van der Waals surface area contributed by atoms with E-state index in [4.69, 9.17) is 22.1 Å². The van der Waals surface area contributed by atoms with Gasteiger partial charge in [-0.15, -0.1) is 12.4 Å². The molecule has 34 heavy (non-hydrogen) atoms. The number of carbonyl (C=O) groups is 2. The topological polar surface area (TPSA) is 93.8 Å². The minimum atomic E-state index is -0.424. The summed E-state index contributed by atoms with van der Waals surface area (Å²) in [6.07, 6.45) is 13.1. The molecule has 1 aromatic carbocycles. The first kappa shape index (κ1) is 26.5. The number of nitrogens with one attached hydrogen (secondary N) is 1. The van der Waals surface area contributed by atoms with Crippen LogP contribution in [0.4, 0.5) is 0 Å². The average molecular weight is 506 g/mol. The summed E-state index contributed by atoms with van der Waals surface area (Å²) in [7, 11) is 0. The molecular formula is C26H33Cl2N3O3. The molecule has 1 aliphatic carbocycles. The van der Waals surface area contributed by atoms with Crippen LogP contribution in [0.3, 0.4) is 0 Å². The lowest BCUT2D eigenvalue weighted by atomic mass is 9.90. The van der Waals surface area contributed by atoms with E-state index in [0.29, 0.717) is 22.8 Å². The number of ether oxygens (including phenoxy) is 1. The fourth-order valence-corrected chi connectivity index (χ4v) is 5.03. The summed E-state index contributed by atoms with van der Waals surface area (Å²) in [5.41, 5.74) is 9.11. The smallest absolute Gasteiger partial charge is 0.254 e. The Bertz CT molecular complexity index is 1010. The molecule has 1 fully saturated rings. The molecule has 1 aromatic rings. The van der Waals surface area contributed by atoms with Gasteiger partial charge in [-0.2, -0.15) is 0 Å². The van der Waals surface area contributed by atoms with Gasteiger partial charge in [0.2, 0.25) is 0 Å². The van der Waals surface area contributed by atoms with E-state index in [1.54, 1.807) is 12.1 Å². The summed E-state index contributed by atoms with van der Waals surface area (Å²) in [5, 5.41) is 3.41. The van der Waals surface area contributed by atoms with Crippen LogP contribution in [0, 0.1) is 5.92 Å². The predicted molar refractivity (Wildman–Crippen MR) is 138 cm³/mol. The summed E-state index contributed by atoms with van der Waals surface area (Å²) in [4.78, 5) is 30.0. The fraction of sp³-hybridized carbons (Fsp3) is 0.500. The van der Waals surface area contributed by atoms with E-state index in [9.17, 15) is 9.59 Å². The third-order valence-electron chi connectivity index (χ3n) is 6.65. The van der Waals surface area contributed by atoms with E-state index < -0.39 is 5.92 Å². The molecule has 2 aliphatic heterocycles. The normalized spacial score (nSPS) is 26.6. The van der Waals surface area contributed by atoms with Crippen LogP contribution >= 0.6 is 24.0 Å². The summed E-state index contributed by atoms with van der Waals surface area (Å²) >= 11 is 6.41. The van der Waals surface area contributed by atoms with Gasteiger partial charge in [0.25, 0.3) is 11.8 Å². The zero-order valence-corrected chi connectivity index (χ0v) is 21.1. The van der Waals surface area contributed by atoms with Crippen LogP contribution in [0.25, 0.3) is 0 Å². The molecule has 3 N–H and O–H groups in total. The second-order valence-electron chi connectivity index (χ2n) is 9.23. The molecule has 6 nitrogen and oxygen atoms in total. The van der Waals surface area contributed by atoms with Crippen LogP contribution < -0.4 is 15.8 Å². The summed E-state index contributed by atoms with van der Waals surface area (Å²) in [5.74, 6) is -0.218. The molecule has 4 rings (SSSR count). The molecule has 3 aliphatic rings. The predicted octanol–water partition coefficient (Wildman–Crippen LogP) is 4.97. The summed E-state index contributed by atoms with van der Waals surface area (Å²) < 4.78 is 6.36. The van der Waals surface area contributed by atoms with Crippen LogP contribution in [0.1, 0.15) is 67.8 Å². The Kier molecular flexibility index (Phi) is 9.34. The Labute approximate surface area is 212 Å². The van der Waals surface area contributed by atoms with Gasteiger partial charge in [-0.1, -0.05) is 29.3 Å². The van der Waals surface area contributed by atoms with Crippen molar-refractivity contribution in [3.05, 3.63) is 52.1 Å². The lowest BCUT2D eigenvalue weighted by Gasteiger charge is -2.28. The van der Waals surface area contributed by atoms with Gasteiger partial charge in [0.05, 0.1) is 12.0 Å². The molecule has 1 unspecified atom stereocenters. The second-order valence-corrected chi connectivity index (χ2v) is 9.66. The zero-order chi connectivity index (χ0) is 23.4. The van der Waals surface area contributed by atoms with Crippen molar-refractivity contribution in [2.75, 3.05) is 6.54 Å². The monoisotopic (exact) mass is 505 g/mol. The second kappa shape index (κ2) is 12.0. The largest absolute Gasteiger partial charge is 0.490 e. The number of nitrogens with zero attached hydrogens (tertiary/aromatic N) is 1. The lowest BCUT2D eigenvalue weighted by Crippen LogP contribution is -2.35. The van der Waals surface area contributed by atoms with E-state index >= 15 is 0 Å². The Balaban J connectivity index is 0.00000324. The maximum atomic E-state index is 13.3. The Hall–Kier alpha value is -2.15. The first-order chi connectivity index (χ1) is 15.9. The molecule has 184 valence electrons. The molecule has 1 saturated carbocycles. The fourth-order valence-electron chi connectivity index (χ4n) is 4.83. The van der Waals surface area contributed by atoms with Crippen LogP contribution in [0.15, 0.2) is 40.9 Å². The van der Waals surface area contributed by atoms with E-state index in [2.05, 4.69) is 22.5 Å². The Morgan fingerprint density at radius 3 is 2.68 bits per heavy atom. The number of dihydropyridines is 1. The molecule has 0 saturated heterocycles. The molecule has 1 atom stereocenters. The molecule has 0 spiro atoms. The van der Waals surface area contributed by atoms with Gasteiger partial charge in [0.1, 0.15) is 5.75 Å². The number of carbonyl (C=O) groups excluding carboxylic acids is 2. The SMILES string of the molecule is CC1=NC(=O)C2CNC(=O)c3cc(Cl)cc(OC4CCC(N)CC4)c3C/C=C/CCCC2=C1.Cl. The van der Waals surface area contributed by atoms with Gasteiger partial charge < -0.3 is 15.8 Å². The van der Waals surface area contributed by atoms with Crippen molar-refractivity contribution in [3.63, 3.8) is 0 Å². The third-order valence-corrected chi connectivity index (χ3v) is 6.87. The minimum Gasteiger partial charge on any atom is -0.490 e. The summed E-state index contributed by atoms with van der Waals surface area (Å²) in [6, 6.07) is 3.72. The van der Waals surface area contributed by atoms with Crippen molar-refractivity contribution >= 4 is 41.5 Å². The molecule has 8 heteroatoms. The summed E-state index contributed by atoms with van der Waals surface area (Å²) in [6.45, 7) is 2.05. The number of aliphatic imine (C=N–C) groups is 1. The number of benzene rings is 1. The highest BCUT2D eigenvalue weighted by Gasteiger charge is 2.28. The number of hydrogen-bond acceptors (Lipinski definition) is 4. The van der Waals surface area contributed by atoms with Crippen molar-refractivity contribution in [2.45, 2.75) is 70.4 Å². The van der Waals surface area contributed by atoms with Crippen LogP contribution in [-0.2, 0) is 11.2 Å². The van der Waals surface area contributed by atoms with Gasteiger partial charge in [0.15, 0.2) is 0 Å². The quantitative estimate of drug-likeness (QED) is 0.554. The number of rotatable bonds is 2. The molecule has 2 amide bonds. The molecular weight excluding hydrogens is 473 g/mol. The number of fused-ring (bicyclic) bond motifs is 2. The van der Waals surface area contributed by atoms with Crippen molar-refractivity contribution in [1.82, 2.24) is 5.32 Å².